The fourth-order valence-corrected chi connectivity index (χ4v) is 3.17. The van der Waals surface area contributed by atoms with Crippen molar-refractivity contribution in [2.45, 2.75) is 25.8 Å². The Labute approximate surface area is 100 Å². The largest absolute Gasteiger partial charge is 0.298 e. The average molecular weight is 245 g/mol. The van der Waals surface area contributed by atoms with Crippen molar-refractivity contribution in [1.82, 2.24) is 9.88 Å². The molecule has 0 aromatic carbocycles. The Hall–Kier alpha value is -0.120. The minimum Gasteiger partial charge on any atom is -0.298 e. The van der Waals surface area contributed by atoms with Gasteiger partial charge in [-0.15, -0.1) is 22.9 Å². The van der Waals surface area contributed by atoms with Crippen LogP contribution in [0.25, 0.3) is 0 Å². The number of piperidine rings is 1. The molecule has 15 heavy (non-hydrogen) atoms. The summed E-state index contributed by atoms with van der Waals surface area (Å²) in [7, 11) is 0. The molecule has 1 unspecified atom stereocenters. The molecular formula is C11H17ClN2S. The molecule has 2 rings (SSSR count). The summed E-state index contributed by atoms with van der Waals surface area (Å²) in [5, 5.41) is 0. The van der Waals surface area contributed by atoms with Crippen LogP contribution in [0.4, 0.5) is 0 Å². The van der Waals surface area contributed by atoms with Crippen molar-refractivity contribution >= 4 is 22.9 Å². The van der Waals surface area contributed by atoms with Crippen molar-refractivity contribution in [3.8, 4) is 0 Å². The van der Waals surface area contributed by atoms with Crippen molar-refractivity contribution in [3.63, 3.8) is 0 Å². The fourth-order valence-electron chi connectivity index (χ4n) is 2.23. The highest BCUT2D eigenvalue weighted by Gasteiger charge is 2.19. The number of halogens is 1. The van der Waals surface area contributed by atoms with Crippen molar-refractivity contribution in [3.05, 3.63) is 16.6 Å². The Kier molecular flexibility index (Phi) is 4.42. The third kappa shape index (κ3) is 3.44. The Bertz CT molecular complexity index is 274. The van der Waals surface area contributed by atoms with Crippen LogP contribution in [0.15, 0.2) is 11.7 Å². The quantitative estimate of drug-likeness (QED) is 0.757. The van der Waals surface area contributed by atoms with E-state index >= 15 is 0 Å². The van der Waals surface area contributed by atoms with Crippen LogP contribution in [0.5, 0.6) is 0 Å². The molecule has 84 valence electrons. The molecule has 0 amide bonds. The van der Waals surface area contributed by atoms with Gasteiger partial charge >= 0.3 is 0 Å². The predicted molar refractivity (Wildman–Crippen MR) is 65.5 cm³/mol. The maximum Gasteiger partial charge on any atom is 0.0794 e. The molecule has 1 saturated heterocycles. The van der Waals surface area contributed by atoms with E-state index in [2.05, 4.69) is 9.88 Å². The maximum absolute atomic E-state index is 5.80. The third-order valence-electron chi connectivity index (χ3n) is 2.98. The van der Waals surface area contributed by atoms with Crippen LogP contribution in [0, 0.1) is 5.92 Å². The number of alkyl halides is 1. The van der Waals surface area contributed by atoms with E-state index < -0.39 is 0 Å². The molecule has 0 N–H and O–H groups in total. The van der Waals surface area contributed by atoms with Crippen molar-refractivity contribution in [1.29, 1.82) is 0 Å². The summed E-state index contributed by atoms with van der Waals surface area (Å²) in [4.78, 5) is 8.03. The SMILES string of the molecule is ClCCC1CCCN(Cc2cncs2)C1. The van der Waals surface area contributed by atoms with E-state index in [-0.39, 0.29) is 0 Å². The molecule has 2 nitrogen and oxygen atoms in total. The van der Waals surface area contributed by atoms with Gasteiger partial charge in [-0.2, -0.15) is 0 Å². The molecule has 1 fully saturated rings. The second-order valence-corrected chi connectivity index (χ2v) is 5.54. The molecule has 4 heteroatoms. The zero-order valence-electron chi connectivity index (χ0n) is 8.86. The lowest BCUT2D eigenvalue weighted by atomic mass is 9.95. The predicted octanol–water partition coefficient (Wildman–Crippen LogP) is 2.98. The fraction of sp³-hybridized carbons (Fsp3) is 0.727. The first-order valence-corrected chi connectivity index (χ1v) is 6.95. The first-order valence-electron chi connectivity index (χ1n) is 5.54. The van der Waals surface area contributed by atoms with Crippen molar-refractivity contribution in [2.24, 2.45) is 5.92 Å². The monoisotopic (exact) mass is 244 g/mol. The summed E-state index contributed by atoms with van der Waals surface area (Å²) < 4.78 is 0. The highest BCUT2D eigenvalue weighted by Crippen LogP contribution is 2.22. The number of hydrogen-bond acceptors (Lipinski definition) is 3. The maximum atomic E-state index is 5.80. The number of thiazole rings is 1. The molecule has 0 spiro atoms. The molecule has 0 bridgehead atoms. The van der Waals surface area contributed by atoms with Gasteiger partial charge in [-0.1, -0.05) is 0 Å². The Morgan fingerprint density at radius 3 is 3.27 bits per heavy atom. The van der Waals surface area contributed by atoms with Gasteiger partial charge in [0, 0.05) is 30.0 Å². The number of rotatable bonds is 4. The van der Waals surface area contributed by atoms with E-state index in [9.17, 15) is 0 Å². The van der Waals surface area contributed by atoms with Crippen LogP contribution in [0.2, 0.25) is 0 Å². The minimum absolute atomic E-state index is 0.805. The van der Waals surface area contributed by atoms with Gasteiger partial charge in [-0.25, -0.2) is 0 Å². The number of nitrogens with zero attached hydrogens (tertiary/aromatic N) is 2. The average Bonchev–Trinajstić information content (AvgIpc) is 2.71. The zero-order valence-corrected chi connectivity index (χ0v) is 10.4. The van der Waals surface area contributed by atoms with Gasteiger partial charge in [0.2, 0.25) is 0 Å². The summed E-state index contributed by atoms with van der Waals surface area (Å²) >= 11 is 7.55. The van der Waals surface area contributed by atoms with Crippen LogP contribution in [-0.2, 0) is 6.54 Å². The molecular weight excluding hydrogens is 228 g/mol. The van der Waals surface area contributed by atoms with Crippen molar-refractivity contribution in [2.75, 3.05) is 19.0 Å². The number of hydrogen-bond donors (Lipinski definition) is 0. The van der Waals surface area contributed by atoms with Gasteiger partial charge in [0.1, 0.15) is 0 Å². The Morgan fingerprint density at radius 1 is 1.60 bits per heavy atom. The molecule has 1 atom stereocenters. The molecule has 0 aliphatic carbocycles. The van der Waals surface area contributed by atoms with E-state index in [1.807, 2.05) is 11.7 Å². The second kappa shape index (κ2) is 5.83. The van der Waals surface area contributed by atoms with Crippen LogP contribution in [0.1, 0.15) is 24.1 Å². The Balaban J connectivity index is 1.82. The molecule has 2 heterocycles. The lowest BCUT2D eigenvalue weighted by Gasteiger charge is -2.32. The lowest BCUT2D eigenvalue weighted by molar-refractivity contribution is 0.166. The smallest absolute Gasteiger partial charge is 0.0794 e. The van der Waals surface area contributed by atoms with E-state index in [1.165, 1.54) is 37.2 Å². The molecule has 1 aliphatic rings. The summed E-state index contributed by atoms with van der Waals surface area (Å²) in [6.07, 6.45) is 5.82. The zero-order chi connectivity index (χ0) is 10.5. The summed E-state index contributed by atoms with van der Waals surface area (Å²) in [6, 6.07) is 0. The van der Waals surface area contributed by atoms with Crippen LogP contribution >= 0.6 is 22.9 Å². The first-order chi connectivity index (χ1) is 7.38. The van der Waals surface area contributed by atoms with Crippen molar-refractivity contribution < 1.29 is 0 Å². The summed E-state index contributed by atoms with van der Waals surface area (Å²) in [5.74, 6) is 1.61. The van der Waals surface area contributed by atoms with Crippen LogP contribution < -0.4 is 0 Å². The second-order valence-electron chi connectivity index (χ2n) is 4.19. The normalized spacial score (nSPS) is 23.1. The molecule has 1 aliphatic heterocycles. The standard InChI is InChI=1S/C11H17ClN2S/c12-4-3-10-2-1-5-14(7-10)8-11-6-13-9-15-11/h6,9-10H,1-5,7-8H2. The number of likely N-dealkylation sites (tertiary alicyclic amines) is 1. The number of aromatic nitrogens is 1. The van der Waals surface area contributed by atoms with Gasteiger partial charge < -0.3 is 0 Å². The van der Waals surface area contributed by atoms with Gasteiger partial charge in [0.25, 0.3) is 0 Å². The molecule has 0 radical (unpaired) electrons. The highest BCUT2D eigenvalue weighted by molar-refractivity contribution is 7.09. The molecule has 1 aromatic heterocycles. The lowest BCUT2D eigenvalue weighted by Crippen LogP contribution is -2.34. The molecule has 1 aromatic rings. The summed E-state index contributed by atoms with van der Waals surface area (Å²) in [6.45, 7) is 3.52. The van der Waals surface area contributed by atoms with Gasteiger partial charge in [-0.05, 0) is 31.7 Å². The van der Waals surface area contributed by atoms with E-state index in [4.69, 9.17) is 11.6 Å². The highest BCUT2D eigenvalue weighted by atomic mass is 35.5. The van der Waals surface area contributed by atoms with Gasteiger partial charge in [-0.3, -0.25) is 9.88 Å². The van der Waals surface area contributed by atoms with Crippen LogP contribution in [-0.4, -0.2) is 28.9 Å². The Morgan fingerprint density at radius 2 is 2.53 bits per heavy atom. The van der Waals surface area contributed by atoms with Gasteiger partial charge in [0.05, 0.1) is 5.51 Å². The third-order valence-corrected chi connectivity index (χ3v) is 3.97. The van der Waals surface area contributed by atoms with E-state index in [0.29, 0.717) is 0 Å². The first kappa shape index (κ1) is 11.4. The minimum atomic E-state index is 0.805. The van der Waals surface area contributed by atoms with Gasteiger partial charge in [0.15, 0.2) is 0 Å². The van der Waals surface area contributed by atoms with E-state index in [0.717, 1.165) is 18.3 Å². The topological polar surface area (TPSA) is 16.1 Å². The van der Waals surface area contributed by atoms with E-state index in [1.54, 1.807) is 11.3 Å². The molecule has 0 saturated carbocycles. The summed E-state index contributed by atoms with van der Waals surface area (Å²) in [5.41, 5.74) is 1.91. The van der Waals surface area contributed by atoms with Crippen LogP contribution in [0.3, 0.4) is 0 Å².